The average molecular weight is 1030 g/mol. The van der Waals surface area contributed by atoms with E-state index in [1.54, 1.807) is 31.6 Å². The van der Waals surface area contributed by atoms with Gasteiger partial charge in [0.05, 0.1) is 60.9 Å². The SMILES string of the molecule is Cn1cnc(CCNc2nc(N[C@@H]3CCN(C(=O)N4CC[C@@H](Nc5nc(NCCc6cn(C)cn6)nc6c5ncn6[C@@H]5C[C@H](NC(=O)CO)[C@@H](O)[C@H]5O)C4)C3)c3ncn([C@@H]4C[C@H](NC(=O)CO)[C@@H](O)[C@H]4O)c3n2)c1. The second-order valence-electron chi connectivity index (χ2n) is 19.5. The maximum Gasteiger partial charge on any atom is 0.320 e. The van der Waals surface area contributed by atoms with E-state index in [1.807, 2.05) is 35.6 Å². The average Bonchev–Trinajstić information content (AvgIpc) is 4.28. The Morgan fingerprint density at radius 2 is 1.03 bits per heavy atom. The van der Waals surface area contributed by atoms with Gasteiger partial charge in [0, 0.05) is 90.7 Å². The zero-order valence-corrected chi connectivity index (χ0v) is 40.8. The Balaban J connectivity index is 0.825. The molecule has 6 aromatic heterocycles. The van der Waals surface area contributed by atoms with Crippen LogP contribution in [0.4, 0.5) is 28.3 Å². The van der Waals surface area contributed by atoms with E-state index in [0.29, 0.717) is 98.9 Å². The molecule has 29 nitrogen and oxygen atoms in total. The molecule has 2 saturated carbocycles. The molecule has 396 valence electrons. The van der Waals surface area contributed by atoms with Crippen LogP contribution in [0.5, 0.6) is 0 Å². The summed E-state index contributed by atoms with van der Waals surface area (Å²) in [6, 6.07) is -3.63. The zero-order chi connectivity index (χ0) is 51.8. The van der Waals surface area contributed by atoms with E-state index in [-0.39, 0.29) is 42.9 Å². The van der Waals surface area contributed by atoms with Gasteiger partial charge in [0.15, 0.2) is 34.0 Å². The fourth-order valence-corrected chi connectivity index (χ4v) is 10.5. The minimum absolute atomic E-state index is 0.130. The van der Waals surface area contributed by atoms with Crippen molar-refractivity contribution in [2.75, 3.05) is 73.7 Å². The molecule has 0 bridgehead atoms. The van der Waals surface area contributed by atoms with Gasteiger partial charge in [-0.25, -0.2) is 24.7 Å². The lowest BCUT2D eigenvalue weighted by molar-refractivity contribution is -0.126. The molecule has 6 aromatic rings. The summed E-state index contributed by atoms with van der Waals surface area (Å²) in [5, 5.41) is 81.4. The predicted octanol–water partition coefficient (Wildman–Crippen LogP) is -3.18. The number of amides is 4. The number of carbonyl (C=O) groups is 3. The Morgan fingerprint density at radius 3 is 1.42 bits per heavy atom. The van der Waals surface area contributed by atoms with Crippen molar-refractivity contribution < 1.29 is 45.0 Å². The highest BCUT2D eigenvalue weighted by Gasteiger charge is 2.45. The van der Waals surface area contributed by atoms with Gasteiger partial charge in [-0.05, 0) is 25.7 Å². The van der Waals surface area contributed by atoms with Crippen molar-refractivity contribution in [2.24, 2.45) is 14.1 Å². The number of fused-ring (bicyclic) bond motifs is 2. The van der Waals surface area contributed by atoms with Crippen LogP contribution in [0.25, 0.3) is 22.3 Å². The van der Waals surface area contributed by atoms with Crippen LogP contribution in [0.2, 0.25) is 0 Å². The number of urea groups is 1. The van der Waals surface area contributed by atoms with Gasteiger partial charge in [-0.1, -0.05) is 0 Å². The molecule has 10 rings (SSSR count). The van der Waals surface area contributed by atoms with E-state index in [1.165, 1.54) is 12.7 Å². The summed E-state index contributed by atoms with van der Waals surface area (Å²) in [4.78, 5) is 79.1. The first kappa shape index (κ1) is 50.2. The first-order valence-corrected chi connectivity index (χ1v) is 24.7. The summed E-state index contributed by atoms with van der Waals surface area (Å²) >= 11 is 0. The Labute approximate surface area is 422 Å². The smallest absolute Gasteiger partial charge is 0.320 e. The third-order valence-electron chi connectivity index (χ3n) is 14.3. The quantitative estimate of drug-likeness (QED) is 0.0404. The molecule has 0 spiro atoms. The van der Waals surface area contributed by atoms with Gasteiger partial charge in [0.2, 0.25) is 23.7 Å². The van der Waals surface area contributed by atoms with E-state index >= 15 is 0 Å². The van der Waals surface area contributed by atoms with E-state index in [9.17, 15) is 45.0 Å². The van der Waals surface area contributed by atoms with Gasteiger partial charge < -0.3 is 90.6 Å². The molecule has 2 aliphatic heterocycles. The lowest BCUT2D eigenvalue weighted by Gasteiger charge is -2.25. The Hall–Kier alpha value is -7.31. The van der Waals surface area contributed by atoms with Gasteiger partial charge >= 0.3 is 6.03 Å². The third-order valence-corrected chi connectivity index (χ3v) is 14.3. The third kappa shape index (κ3) is 10.4. The number of aliphatic hydroxyl groups excluding tert-OH is 6. The van der Waals surface area contributed by atoms with Crippen LogP contribution >= 0.6 is 0 Å². The molecule has 2 aliphatic carbocycles. The largest absolute Gasteiger partial charge is 0.388 e. The minimum atomic E-state index is -1.30. The number of rotatable bonds is 18. The van der Waals surface area contributed by atoms with Crippen molar-refractivity contribution in [1.29, 1.82) is 0 Å². The normalized spacial score (nSPS) is 25.8. The number of nitrogens with zero attached hydrogens (tertiary/aromatic N) is 14. The maximum absolute atomic E-state index is 14.2. The molecule has 0 aromatic carbocycles. The van der Waals surface area contributed by atoms with E-state index in [2.05, 4.69) is 51.8 Å². The minimum Gasteiger partial charge on any atom is -0.388 e. The standard InChI is InChI=1S/C45H62N20O9/c1-60-13-23(48-19-60)3-7-46-43-56-39(33-41(58-43)64(21-50-33)29-11-27(35(70)37(29)72)54-31(68)17-66)52-25-5-9-62(15-25)45(74)63-10-6-26(16-63)53-40-34-42(59-44(57-40)47-8-4-24-14-61(2)20-49-24)65(22-51-34)30-12-28(36(71)38(30)73)55-32(69)18-67/h13-14,19-22,25-30,35-38,66-67,70-73H,3-12,15-18H2,1-2H3,(H,54,68)(H,55,69)(H2,46,52,56,58)(H2,47,53,57,59)/t25-,26-,27+,28+,29-,30-,35-,36-,37+,38+/m1/s1. The lowest BCUT2D eigenvalue weighted by atomic mass is 10.2. The van der Waals surface area contributed by atoms with Crippen LogP contribution in [0, 0.1) is 0 Å². The second-order valence-corrected chi connectivity index (χ2v) is 19.5. The van der Waals surface area contributed by atoms with Crippen LogP contribution in [-0.4, -0.2) is 217 Å². The van der Waals surface area contributed by atoms with Crippen molar-refractivity contribution in [3.8, 4) is 0 Å². The Morgan fingerprint density at radius 1 is 0.595 bits per heavy atom. The number of aliphatic hydroxyl groups is 6. The van der Waals surface area contributed by atoms with E-state index < -0.39 is 73.6 Å². The number of imidazole rings is 4. The van der Waals surface area contributed by atoms with Crippen molar-refractivity contribution in [1.82, 2.24) is 78.6 Å². The molecule has 12 N–H and O–H groups in total. The fraction of sp³-hybridized carbons (Fsp3) is 0.578. The van der Waals surface area contributed by atoms with Crippen LogP contribution in [0.15, 0.2) is 37.7 Å². The molecule has 29 heteroatoms. The van der Waals surface area contributed by atoms with Crippen molar-refractivity contribution in [3.05, 3.63) is 49.1 Å². The van der Waals surface area contributed by atoms with Gasteiger partial charge in [-0.3, -0.25) is 9.59 Å². The van der Waals surface area contributed by atoms with Gasteiger partial charge in [0.1, 0.15) is 37.6 Å². The number of hydrogen-bond donors (Lipinski definition) is 12. The highest BCUT2D eigenvalue weighted by Crippen LogP contribution is 2.37. The summed E-state index contributed by atoms with van der Waals surface area (Å²) in [6.45, 7) is 1.06. The molecule has 2 saturated heterocycles. The van der Waals surface area contributed by atoms with Crippen molar-refractivity contribution >= 4 is 63.7 Å². The van der Waals surface area contributed by atoms with Gasteiger partial charge in [-0.2, -0.15) is 19.9 Å². The van der Waals surface area contributed by atoms with Gasteiger partial charge in [0.25, 0.3) is 0 Å². The molecular formula is C45H62N20O9. The number of aryl methyl sites for hydroxylation is 2. The molecular weight excluding hydrogens is 965 g/mol. The summed E-state index contributed by atoms with van der Waals surface area (Å²) in [7, 11) is 3.79. The lowest BCUT2D eigenvalue weighted by Crippen LogP contribution is -2.44. The Kier molecular flexibility index (Phi) is 14.4. The highest BCUT2D eigenvalue weighted by atomic mass is 16.3. The van der Waals surface area contributed by atoms with Crippen molar-refractivity contribution in [2.45, 2.75) is 99.2 Å². The molecule has 4 fully saturated rings. The summed E-state index contributed by atoms with van der Waals surface area (Å²) in [5.74, 6) is 0.0432. The number of aromatic nitrogens is 12. The fourth-order valence-electron chi connectivity index (χ4n) is 10.5. The number of anilines is 4. The predicted molar refractivity (Wildman–Crippen MR) is 263 cm³/mol. The molecule has 74 heavy (non-hydrogen) atoms. The number of carbonyl (C=O) groups excluding carboxylic acids is 3. The molecule has 8 heterocycles. The molecule has 10 atom stereocenters. The van der Waals surface area contributed by atoms with Crippen LogP contribution in [-0.2, 0) is 36.5 Å². The zero-order valence-electron chi connectivity index (χ0n) is 40.8. The van der Waals surface area contributed by atoms with Crippen molar-refractivity contribution in [3.63, 3.8) is 0 Å². The first-order chi connectivity index (χ1) is 35.7. The molecule has 4 amide bonds. The summed E-state index contributed by atoms with van der Waals surface area (Å²) in [5.41, 5.74) is 3.32. The first-order valence-electron chi connectivity index (χ1n) is 24.7. The van der Waals surface area contributed by atoms with Gasteiger partial charge in [-0.15, -0.1) is 0 Å². The summed E-state index contributed by atoms with van der Waals surface area (Å²) in [6.07, 6.45) is 7.84. The maximum atomic E-state index is 14.2. The number of likely N-dealkylation sites (tertiary alicyclic amines) is 2. The van der Waals surface area contributed by atoms with E-state index in [4.69, 9.17) is 19.9 Å². The van der Waals surface area contributed by atoms with Crippen LogP contribution in [0.3, 0.4) is 0 Å². The summed E-state index contributed by atoms with van der Waals surface area (Å²) < 4.78 is 7.05. The number of hydrogen-bond acceptors (Lipinski definition) is 21. The molecule has 0 radical (unpaired) electrons. The van der Waals surface area contributed by atoms with Crippen LogP contribution < -0.4 is 31.9 Å². The molecule has 4 aliphatic rings. The second kappa shape index (κ2) is 21.3. The highest BCUT2D eigenvalue weighted by molar-refractivity contribution is 5.86. The van der Waals surface area contributed by atoms with Crippen LogP contribution in [0.1, 0.15) is 49.2 Å². The monoisotopic (exact) mass is 1030 g/mol. The molecule has 0 unspecified atom stereocenters. The number of nitrogens with one attached hydrogen (secondary N) is 6. The van der Waals surface area contributed by atoms with E-state index in [0.717, 1.165) is 11.4 Å². The topological polar surface area (TPSA) is 374 Å². The Bertz CT molecular complexity index is 2780.